The molecule has 143 heavy (non-hydrogen) atoms. The SMILES string of the molecule is C=Cc1ccc(C=CCC(C)(C)C)cc1-c1c2cc(OC)c(=O)c(Cl)c-2oc2c(Cl)c(O)c(C)cc12.CC(C)(C)CNC(=O)CCCCCNC(=O)c1ccc2c(c1)C(=O)OC21c2ccc(O)cc2Oc2cc(O)ccc21.CC(C)(C)CNC(=S)Nc1ccc2c(c1)C(=O)OC21c2ccc(O)cc2Oc2cc(O)ccc21.CN(C)c1ccc2c(-c3ccccc3C=CC(C)(C)C)c3ccc(=[N+](C)C)cc-3oc2c1. The maximum absolute atomic E-state index is 13.2. The van der Waals surface area contributed by atoms with Gasteiger partial charge in [-0.2, -0.15) is 0 Å². The number of unbranched alkanes of at least 4 members (excludes halogenated alkanes) is 2. The van der Waals surface area contributed by atoms with Crippen LogP contribution in [0.15, 0.2) is 233 Å². The van der Waals surface area contributed by atoms with Crippen LogP contribution in [0.4, 0.5) is 11.4 Å². The molecular weight excluding hydrogens is 1860 g/mol. The average molecular weight is 1980 g/mol. The predicted octanol–water partition coefficient (Wildman–Crippen LogP) is 25.5. The van der Waals surface area contributed by atoms with E-state index >= 15 is 0 Å². The molecule has 2 amide bonds. The normalized spacial score (nSPS) is 13.4. The van der Waals surface area contributed by atoms with E-state index in [1.165, 1.54) is 78.4 Å². The molecule has 0 bridgehead atoms. The molecule has 0 unspecified atom stereocenters. The highest BCUT2D eigenvalue weighted by molar-refractivity contribution is 7.80. The van der Waals surface area contributed by atoms with Gasteiger partial charge in [-0.1, -0.05) is 198 Å². The minimum atomic E-state index is -1.37. The van der Waals surface area contributed by atoms with Crippen molar-refractivity contribution in [2.24, 2.45) is 21.7 Å². The molecule has 0 atom stereocenters. The summed E-state index contributed by atoms with van der Waals surface area (Å²) in [5, 5.41) is 66.1. The van der Waals surface area contributed by atoms with Gasteiger partial charge in [0, 0.05) is 160 Å². The summed E-state index contributed by atoms with van der Waals surface area (Å²) >= 11 is 18.4. The number of nitrogens with one attached hydrogen (secondary N) is 4. The standard InChI is InChI=1S/C32H34N2O7.C30H28Cl2O4.C29H33N2O.C26H24N2O5S/c1-31(2,3)18-34-28(37)7-5-4-6-14-33-29(38)19-8-11-23-22(15-19)30(39)41-32(23)24-12-9-20(35)16-26(24)40-27-17-21(36)10-13-25(27)32;1-7-18-11-10-17(9-8-12-30(3,4)5)14-19(18)23-20-13-16(2)26(33)24(31)28(20)36-29-21(23)15-22(35-6)27(34)25(29)32;1-29(2,3)17-16-20-10-8-9-11-23(20)28-24-14-12-21(30(4)5)18-26(24)32-27-19-22(31(6)7)13-15-25(27)28;1-25(2,3)13-27-24(34)28-14-4-7-18-17(10-14)23(31)33-26(18)19-8-5-15(29)11-21(19)32-22-12-16(30)6-9-20(22)26/h8-13,15-17,35-36H,4-7,14,18H2,1-3H3,(H,33,38)(H,34,37);7-11,13-15,33H,1,12H2,2-6H3;8-19H,1-7H3;4-12,29-30H,13H2,1-3H3,(H2,27,28,34)/q;;+1;. The van der Waals surface area contributed by atoms with Crippen LogP contribution in [0.25, 0.3) is 85.1 Å². The minimum Gasteiger partial charge on any atom is -0.508 e. The molecule has 10 aromatic rings. The number of nitrogens with zero attached hydrogens (tertiary/aromatic N) is 2. The molecule has 0 aromatic heterocycles. The zero-order chi connectivity index (χ0) is 103. The quantitative estimate of drug-likeness (QED) is 0.0127. The molecule has 738 valence electrons. The second kappa shape index (κ2) is 41.0. The number of allylic oxidation sites excluding steroid dienone is 2. The third-order valence-corrected chi connectivity index (χ3v) is 25.8. The number of ether oxygens (including phenoxy) is 5. The topological polar surface area (TPSA) is 313 Å². The first-order valence-corrected chi connectivity index (χ1v) is 48.4. The molecule has 2 aliphatic carbocycles. The number of thiocarbonyl (C=S) groups is 1. The van der Waals surface area contributed by atoms with Crippen LogP contribution in [-0.4, -0.2) is 109 Å². The molecule has 23 nitrogen and oxygen atoms in total. The van der Waals surface area contributed by atoms with Gasteiger partial charge in [-0.05, 0) is 203 Å². The first kappa shape index (κ1) is 103. The number of halogens is 2. The van der Waals surface area contributed by atoms with E-state index in [-0.39, 0.29) is 106 Å². The number of carbonyl (C=O) groups is 4. The summed E-state index contributed by atoms with van der Waals surface area (Å²) in [5.41, 5.74) is 13.9. The van der Waals surface area contributed by atoms with E-state index in [1.807, 2.05) is 30.3 Å². The number of carbonyl (C=O) groups excluding carboxylic acids is 4. The van der Waals surface area contributed by atoms with E-state index in [9.17, 15) is 49.5 Å². The van der Waals surface area contributed by atoms with E-state index in [0.29, 0.717) is 109 Å². The van der Waals surface area contributed by atoms with Crippen molar-refractivity contribution in [3.05, 3.63) is 317 Å². The van der Waals surface area contributed by atoms with Crippen molar-refractivity contribution in [3.8, 4) is 102 Å². The van der Waals surface area contributed by atoms with Gasteiger partial charge >= 0.3 is 11.9 Å². The van der Waals surface area contributed by atoms with E-state index in [1.54, 1.807) is 61.5 Å². The Balaban J connectivity index is 0.000000144. The van der Waals surface area contributed by atoms with Crippen molar-refractivity contribution in [2.45, 2.75) is 133 Å². The number of hydrogen-bond acceptors (Lipinski definition) is 19. The monoisotopic (exact) mass is 1980 g/mol. The van der Waals surface area contributed by atoms with Crippen LogP contribution in [0.5, 0.6) is 57.5 Å². The largest absolute Gasteiger partial charge is 0.508 e. The fourth-order valence-electron chi connectivity index (χ4n) is 17.6. The molecule has 6 aliphatic heterocycles. The summed E-state index contributed by atoms with van der Waals surface area (Å²) in [6.07, 6.45) is 14.2. The van der Waals surface area contributed by atoms with Crippen molar-refractivity contribution in [1.29, 1.82) is 0 Å². The van der Waals surface area contributed by atoms with Gasteiger partial charge < -0.3 is 84.2 Å². The lowest BCUT2D eigenvalue weighted by Gasteiger charge is -2.36. The summed E-state index contributed by atoms with van der Waals surface area (Å²) < 4.78 is 44.0. The smallest absolute Gasteiger partial charge is 0.340 e. The number of esters is 2. The number of aromatic hydroxyl groups is 5. The van der Waals surface area contributed by atoms with E-state index in [4.69, 9.17) is 67.9 Å². The van der Waals surface area contributed by atoms with Gasteiger partial charge in [-0.25, -0.2) is 14.2 Å². The lowest BCUT2D eigenvalue weighted by Crippen LogP contribution is -2.35. The molecule has 8 aliphatic rings. The molecule has 9 N–H and O–H groups in total. The van der Waals surface area contributed by atoms with Crippen LogP contribution in [0, 0.1) is 28.6 Å². The van der Waals surface area contributed by atoms with Crippen LogP contribution in [0.1, 0.15) is 202 Å². The number of rotatable bonds is 18. The number of benzene rings is 12. The molecule has 0 saturated heterocycles. The summed E-state index contributed by atoms with van der Waals surface area (Å²) in [6, 6.07) is 59.8. The fraction of sp³-hybridized carbons (Fsp3) is 0.274. The molecule has 6 heterocycles. The molecule has 10 aromatic carbocycles. The molecule has 0 saturated carbocycles. The summed E-state index contributed by atoms with van der Waals surface area (Å²) in [7, 11) is 9.64. The van der Waals surface area contributed by atoms with Crippen molar-refractivity contribution in [1.82, 2.24) is 20.5 Å². The number of aryl methyl sites for hydroxylation is 1. The fourth-order valence-corrected chi connectivity index (χ4v) is 18.4. The summed E-state index contributed by atoms with van der Waals surface area (Å²) in [6.45, 7) is 33.3. The Labute approximate surface area is 847 Å². The molecule has 18 rings (SSSR count). The van der Waals surface area contributed by atoms with E-state index in [0.717, 1.165) is 81.3 Å². The number of methoxy groups -OCH3 is 1. The number of fused-ring (bicyclic) bond motifs is 16. The Hall–Kier alpha value is -14.9. The Kier molecular flexibility index (Phi) is 29.4. The third kappa shape index (κ3) is 22.0. The van der Waals surface area contributed by atoms with Gasteiger partial charge in [-0.15, -0.1) is 0 Å². The van der Waals surface area contributed by atoms with Crippen molar-refractivity contribution in [2.75, 3.05) is 65.2 Å². The second-order valence-electron chi connectivity index (χ2n) is 41.3. The number of hydrogen-bond donors (Lipinski definition) is 9. The maximum atomic E-state index is 13.2. The zero-order valence-electron chi connectivity index (χ0n) is 83.5. The molecule has 26 heteroatoms. The van der Waals surface area contributed by atoms with Crippen LogP contribution in [0.2, 0.25) is 10.0 Å². The Bertz CT molecular complexity index is 7440. The highest BCUT2D eigenvalue weighted by Crippen LogP contribution is 2.60. The van der Waals surface area contributed by atoms with Crippen molar-refractivity contribution >= 4 is 116 Å². The van der Waals surface area contributed by atoms with Crippen molar-refractivity contribution in [3.63, 3.8) is 0 Å². The summed E-state index contributed by atoms with van der Waals surface area (Å²) in [4.78, 5) is 66.1. The Morgan fingerprint density at radius 1 is 0.538 bits per heavy atom. The number of anilines is 2. The third-order valence-electron chi connectivity index (χ3n) is 24.8. The van der Waals surface area contributed by atoms with Crippen LogP contribution < -0.4 is 55.7 Å². The minimum absolute atomic E-state index is 0.0119. The van der Waals surface area contributed by atoms with Gasteiger partial charge in [0.1, 0.15) is 87.2 Å². The van der Waals surface area contributed by atoms with E-state index in [2.05, 4.69) is 240 Å². The van der Waals surface area contributed by atoms with Gasteiger partial charge in [0.25, 0.3) is 5.91 Å². The average Bonchev–Trinajstić information content (AvgIpc) is 1.55. The number of phenolic OH excluding ortho intramolecular Hbond substituents is 5. The first-order valence-electron chi connectivity index (χ1n) is 47.3. The van der Waals surface area contributed by atoms with Crippen LogP contribution >= 0.6 is 35.4 Å². The van der Waals surface area contributed by atoms with Gasteiger partial charge in [-0.3, -0.25) is 14.4 Å². The molecule has 2 spiro atoms. The number of phenols is 5. The lowest BCUT2D eigenvalue weighted by atomic mass is 9.77. The highest BCUT2D eigenvalue weighted by Gasteiger charge is 2.56. The van der Waals surface area contributed by atoms with Gasteiger partial charge in [0.15, 0.2) is 33.4 Å². The maximum Gasteiger partial charge on any atom is 0.340 e. The second-order valence-corrected chi connectivity index (χ2v) is 42.5. The summed E-state index contributed by atoms with van der Waals surface area (Å²) in [5.74, 6) is 0.939. The van der Waals surface area contributed by atoms with Crippen LogP contribution in [0.3, 0.4) is 0 Å². The first-order chi connectivity index (χ1) is 67.6. The predicted molar refractivity (Wildman–Crippen MR) is 572 cm³/mol. The van der Waals surface area contributed by atoms with Gasteiger partial charge in [0.05, 0.1) is 24.3 Å². The lowest BCUT2D eigenvalue weighted by molar-refractivity contribution is -0.121. The molecule has 0 fully saturated rings. The zero-order valence-corrected chi connectivity index (χ0v) is 85.8. The van der Waals surface area contributed by atoms with Crippen LogP contribution in [-0.2, 0) is 25.5 Å². The highest BCUT2D eigenvalue weighted by atomic mass is 35.5. The van der Waals surface area contributed by atoms with Gasteiger partial charge in [0.2, 0.25) is 16.7 Å². The number of amides is 2. The van der Waals surface area contributed by atoms with Crippen molar-refractivity contribution < 1.29 is 77.2 Å². The van der Waals surface area contributed by atoms with E-state index < -0.39 is 28.6 Å². The Morgan fingerprint density at radius 3 is 1.66 bits per heavy atom. The molecular formula is C117H119Cl2N6O17S+. The Morgan fingerprint density at radius 2 is 1.10 bits per heavy atom. The molecule has 0 radical (unpaired) electrons.